The summed E-state index contributed by atoms with van der Waals surface area (Å²) in [6, 6.07) is 9.50. The molecule has 0 unspecified atom stereocenters. The van der Waals surface area contributed by atoms with Gasteiger partial charge in [0.05, 0.1) is 10.6 Å². The van der Waals surface area contributed by atoms with Crippen LogP contribution in [0.1, 0.15) is 11.1 Å². The van der Waals surface area contributed by atoms with Crippen molar-refractivity contribution in [2.45, 2.75) is 18.7 Å². The Kier molecular flexibility index (Phi) is 3.88. The first-order chi connectivity index (χ1) is 11.3. The second kappa shape index (κ2) is 5.76. The molecule has 124 valence electrons. The van der Waals surface area contributed by atoms with Crippen LogP contribution >= 0.6 is 0 Å². The summed E-state index contributed by atoms with van der Waals surface area (Å²) in [4.78, 5) is 11.4. The van der Waals surface area contributed by atoms with Gasteiger partial charge >= 0.3 is 5.63 Å². The molecule has 3 aromatic rings. The first kappa shape index (κ1) is 16.2. The van der Waals surface area contributed by atoms with Crippen molar-refractivity contribution >= 4 is 26.7 Å². The maximum atomic E-state index is 13.2. The fourth-order valence-corrected chi connectivity index (χ4v) is 3.79. The van der Waals surface area contributed by atoms with Gasteiger partial charge in [-0.1, -0.05) is 0 Å². The zero-order valence-corrected chi connectivity index (χ0v) is 13.8. The minimum atomic E-state index is -3.89. The summed E-state index contributed by atoms with van der Waals surface area (Å²) in [5, 5.41) is 0.718. The van der Waals surface area contributed by atoms with Crippen LogP contribution in [0.3, 0.4) is 0 Å². The Labute approximate surface area is 137 Å². The van der Waals surface area contributed by atoms with Crippen molar-refractivity contribution in [3.8, 4) is 0 Å². The lowest BCUT2D eigenvalue weighted by Gasteiger charge is -2.11. The molecule has 24 heavy (non-hydrogen) atoms. The van der Waals surface area contributed by atoms with Crippen LogP contribution in [0.15, 0.2) is 56.6 Å². The highest BCUT2D eigenvalue weighted by molar-refractivity contribution is 7.92. The van der Waals surface area contributed by atoms with Crippen LogP contribution in [-0.2, 0) is 10.0 Å². The van der Waals surface area contributed by atoms with E-state index in [1.807, 2.05) is 0 Å². The average Bonchev–Trinajstić information content (AvgIpc) is 2.45. The summed E-state index contributed by atoms with van der Waals surface area (Å²) in [6.45, 7) is 3.28. The van der Waals surface area contributed by atoms with Crippen molar-refractivity contribution < 1.29 is 17.2 Å². The van der Waals surface area contributed by atoms with E-state index < -0.39 is 21.5 Å². The van der Waals surface area contributed by atoms with E-state index >= 15 is 0 Å². The second-order valence-electron chi connectivity index (χ2n) is 5.47. The SMILES string of the molecule is Cc1cc(F)ccc1S(=O)(=O)Nc1ccc2c(C)cc(=O)oc2c1. The van der Waals surface area contributed by atoms with E-state index in [2.05, 4.69) is 4.72 Å². The van der Waals surface area contributed by atoms with Gasteiger partial charge in [-0.05, 0) is 55.3 Å². The largest absolute Gasteiger partial charge is 0.423 e. The van der Waals surface area contributed by atoms with Crippen LogP contribution in [0.25, 0.3) is 11.0 Å². The van der Waals surface area contributed by atoms with Crippen LogP contribution in [0.2, 0.25) is 0 Å². The molecule has 0 atom stereocenters. The third kappa shape index (κ3) is 3.03. The zero-order valence-electron chi connectivity index (χ0n) is 13.0. The predicted octanol–water partition coefficient (Wildman–Crippen LogP) is 3.35. The topological polar surface area (TPSA) is 76.4 Å². The number of anilines is 1. The Morgan fingerprint density at radius 1 is 1.00 bits per heavy atom. The molecule has 1 aromatic heterocycles. The Bertz CT molecular complexity index is 1100. The highest BCUT2D eigenvalue weighted by Crippen LogP contribution is 2.24. The third-order valence-corrected chi connectivity index (χ3v) is 5.17. The molecule has 0 saturated heterocycles. The van der Waals surface area contributed by atoms with E-state index in [0.717, 1.165) is 23.1 Å². The molecule has 0 amide bonds. The van der Waals surface area contributed by atoms with Crippen molar-refractivity contribution in [2.75, 3.05) is 4.72 Å². The Hall–Kier alpha value is -2.67. The van der Waals surface area contributed by atoms with E-state index in [-0.39, 0.29) is 16.2 Å². The molecule has 0 radical (unpaired) electrons. The summed E-state index contributed by atoms with van der Waals surface area (Å²) in [7, 11) is -3.89. The quantitative estimate of drug-likeness (QED) is 0.737. The van der Waals surface area contributed by atoms with E-state index in [4.69, 9.17) is 4.42 Å². The van der Waals surface area contributed by atoms with Gasteiger partial charge in [-0.25, -0.2) is 17.6 Å². The predicted molar refractivity (Wildman–Crippen MR) is 89.2 cm³/mol. The molecule has 0 fully saturated rings. The minimum Gasteiger partial charge on any atom is -0.423 e. The van der Waals surface area contributed by atoms with Gasteiger partial charge in [-0.2, -0.15) is 0 Å². The molecule has 0 saturated carbocycles. The molecule has 0 bridgehead atoms. The van der Waals surface area contributed by atoms with Crippen LogP contribution in [-0.4, -0.2) is 8.42 Å². The smallest absolute Gasteiger partial charge is 0.336 e. The van der Waals surface area contributed by atoms with Crippen molar-refractivity contribution in [2.24, 2.45) is 0 Å². The zero-order chi connectivity index (χ0) is 17.5. The van der Waals surface area contributed by atoms with Gasteiger partial charge in [-0.3, -0.25) is 4.72 Å². The number of rotatable bonds is 3. The molecule has 3 rings (SSSR count). The van der Waals surface area contributed by atoms with Crippen LogP contribution < -0.4 is 10.3 Å². The molecule has 1 heterocycles. The number of nitrogens with one attached hydrogen (secondary N) is 1. The number of halogens is 1. The van der Waals surface area contributed by atoms with Crippen molar-refractivity contribution in [1.82, 2.24) is 0 Å². The van der Waals surface area contributed by atoms with Crippen molar-refractivity contribution in [3.63, 3.8) is 0 Å². The van der Waals surface area contributed by atoms with Crippen molar-refractivity contribution in [3.05, 3.63) is 69.8 Å². The summed E-state index contributed by atoms with van der Waals surface area (Å²) in [5.74, 6) is -0.505. The lowest BCUT2D eigenvalue weighted by Crippen LogP contribution is -2.14. The van der Waals surface area contributed by atoms with Gasteiger partial charge in [0, 0.05) is 17.5 Å². The number of fused-ring (bicyclic) bond motifs is 1. The Balaban J connectivity index is 2.04. The maximum absolute atomic E-state index is 13.2. The summed E-state index contributed by atoms with van der Waals surface area (Å²) in [5.41, 5.74) is 1.07. The third-order valence-electron chi connectivity index (χ3n) is 3.63. The van der Waals surface area contributed by atoms with Gasteiger partial charge in [0.1, 0.15) is 11.4 Å². The monoisotopic (exact) mass is 347 g/mol. The lowest BCUT2D eigenvalue weighted by atomic mass is 10.1. The highest BCUT2D eigenvalue weighted by atomic mass is 32.2. The normalized spacial score (nSPS) is 11.6. The second-order valence-corrected chi connectivity index (χ2v) is 7.13. The minimum absolute atomic E-state index is 0.0188. The van der Waals surface area contributed by atoms with Gasteiger partial charge in [0.15, 0.2) is 0 Å². The lowest BCUT2D eigenvalue weighted by molar-refractivity contribution is 0.560. The molecule has 0 aliphatic carbocycles. The van der Waals surface area contributed by atoms with E-state index in [0.29, 0.717) is 5.56 Å². The average molecular weight is 347 g/mol. The molecule has 0 aliphatic heterocycles. The summed E-state index contributed by atoms with van der Waals surface area (Å²) in [6.07, 6.45) is 0. The Morgan fingerprint density at radius 2 is 1.75 bits per heavy atom. The van der Waals surface area contributed by atoms with E-state index in [1.165, 1.54) is 25.1 Å². The molecule has 7 heteroatoms. The molecule has 2 aromatic carbocycles. The Morgan fingerprint density at radius 3 is 2.46 bits per heavy atom. The highest BCUT2D eigenvalue weighted by Gasteiger charge is 2.18. The standard InChI is InChI=1S/C17H14FNO4S/c1-10-8-17(20)23-15-9-13(4-5-14(10)15)19-24(21,22)16-6-3-12(18)7-11(16)2/h3-9,19H,1-2H3. The van der Waals surface area contributed by atoms with Crippen molar-refractivity contribution in [1.29, 1.82) is 0 Å². The summed E-state index contributed by atoms with van der Waals surface area (Å²) < 4.78 is 45.6. The molecule has 5 nitrogen and oxygen atoms in total. The molecule has 0 spiro atoms. The fourth-order valence-electron chi connectivity index (χ4n) is 2.51. The molecular weight excluding hydrogens is 333 g/mol. The van der Waals surface area contributed by atoms with Gasteiger partial charge < -0.3 is 4.42 Å². The fraction of sp³-hybridized carbons (Fsp3) is 0.118. The summed E-state index contributed by atoms with van der Waals surface area (Å²) >= 11 is 0. The number of benzene rings is 2. The first-order valence-electron chi connectivity index (χ1n) is 7.10. The number of aryl methyl sites for hydroxylation is 2. The number of sulfonamides is 1. The van der Waals surface area contributed by atoms with E-state index in [1.54, 1.807) is 19.1 Å². The van der Waals surface area contributed by atoms with Gasteiger partial charge in [0.25, 0.3) is 10.0 Å². The number of hydrogen-bond donors (Lipinski definition) is 1. The van der Waals surface area contributed by atoms with Crippen LogP contribution in [0.5, 0.6) is 0 Å². The van der Waals surface area contributed by atoms with Crippen LogP contribution in [0, 0.1) is 19.7 Å². The molecule has 0 aliphatic rings. The van der Waals surface area contributed by atoms with E-state index in [9.17, 15) is 17.6 Å². The van der Waals surface area contributed by atoms with Gasteiger partial charge in [-0.15, -0.1) is 0 Å². The number of hydrogen-bond acceptors (Lipinski definition) is 4. The van der Waals surface area contributed by atoms with Crippen LogP contribution in [0.4, 0.5) is 10.1 Å². The van der Waals surface area contributed by atoms with Gasteiger partial charge in [0.2, 0.25) is 0 Å². The maximum Gasteiger partial charge on any atom is 0.336 e. The first-order valence-corrected chi connectivity index (χ1v) is 8.58. The molecule has 1 N–H and O–H groups in total. The molecular formula is C17H14FNO4S.